The molecule has 3 fully saturated rings. The molecule has 4 heteroatoms. The highest BCUT2D eigenvalue weighted by molar-refractivity contribution is 5.38. The van der Waals surface area contributed by atoms with E-state index in [0.29, 0.717) is 37.2 Å². The lowest BCUT2D eigenvalue weighted by Gasteiger charge is -2.44. The van der Waals surface area contributed by atoms with Crippen molar-refractivity contribution < 1.29 is 20.1 Å². The van der Waals surface area contributed by atoms with Gasteiger partial charge in [-0.15, -0.1) is 0 Å². The van der Waals surface area contributed by atoms with E-state index in [9.17, 15) is 15.3 Å². The van der Waals surface area contributed by atoms with Crippen LogP contribution in [-0.2, 0) is 5.60 Å². The molecule has 3 aliphatic rings. The second-order valence-corrected chi connectivity index (χ2v) is 12.0. The van der Waals surface area contributed by atoms with Crippen LogP contribution in [0.15, 0.2) is 59.7 Å². The minimum Gasteiger partial charge on any atom is -0.493 e. The average molecular weight is 481 g/mol. The van der Waals surface area contributed by atoms with Gasteiger partial charge < -0.3 is 20.1 Å². The van der Waals surface area contributed by atoms with Crippen molar-refractivity contribution in [1.29, 1.82) is 0 Å². The molecule has 0 aromatic heterocycles. The maximum absolute atomic E-state index is 10.3. The minimum atomic E-state index is -0.878. The highest BCUT2D eigenvalue weighted by Gasteiger charge is 2.50. The minimum absolute atomic E-state index is 0.267. The van der Waals surface area contributed by atoms with Crippen molar-refractivity contribution in [2.75, 3.05) is 6.61 Å². The first-order chi connectivity index (χ1) is 16.5. The van der Waals surface area contributed by atoms with Crippen molar-refractivity contribution in [2.24, 2.45) is 23.2 Å². The number of aliphatic hydroxyl groups excluding tert-OH is 2. The lowest BCUT2D eigenvalue weighted by Crippen LogP contribution is -2.37. The average Bonchev–Trinajstić information content (AvgIpc) is 3.16. The first-order valence-electron chi connectivity index (χ1n) is 13.4. The van der Waals surface area contributed by atoms with Gasteiger partial charge in [0.1, 0.15) is 5.75 Å². The Morgan fingerprint density at radius 2 is 2.00 bits per heavy atom. The highest BCUT2D eigenvalue weighted by Crippen LogP contribution is 2.59. The molecular weight excluding hydrogens is 436 g/mol. The van der Waals surface area contributed by atoms with Gasteiger partial charge in [0.05, 0.1) is 24.4 Å². The van der Waals surface area contributed by atoms with Crippen LogP contribution in [0.1, 0.15) is 78.2 Å². The summed E-state index contributed by atoms with van der Waals surface area (Å²) >= 11 is 0. The third-order valence-electron chi connectivity index (χ3n) is 9.04. The number of fused-ring (bicyclic) bond motifs is 1. The topological polar surface area (TPSA) is 69.9 Å². The lowest BCUT2D eigenvalue weighted by molar-refractivity contribution is 0.0727. The molecule has 0 saturated heterocycles. The van der Waals surface area contributed by atoms with E-state index in [-0.39, 0.29) is 5.41 Å². The summed E-state index contributed by atoms with van der Waals surface area (Å²) in [6, 6.07) is 7.82. The first kappa shape index (κ1) is 26.2. The second-order valence-electron chi connectivity index (χ2n) is 12.0. The standard InChI is InChI=1S/C31H44O4/c1-20(19-35-26-10-6-9-24(17-26)30(3,4)34)27-13-14-28-22(8-7-15-31(27,28)5)11-12-23-16-25(32)18-29(33)21(23)2/h6,9-12,17,20,25,27-29,32-34H,2,7-8,13-16,18-19H2,1,3-5H3. The number of hydrogen-bond acceptors (Lipinski definition) is 4. The summed E-state index contributed by atoms with van der Waals surface area (Å²) in [4.78, 5) is 0. The Labute approximate surface area is 211 Å². The Kier molecular flexibility index (Phi) is 7.66. The van der Waals surface area contributed by atoms with Crippen molar-refractivity contribution in [1.82, 2.24) is 0 Å². The Morgan fingerprint density at radius 3 is 2.74 bits per heavy atom. The monoisotopic (exact) mass is 480 g/mol. The second kappa shape index (κ2) is 10.2. The molecule has 4 nitrogen and oxygen atoms in total. The molecule has 3 N–H and O–H groups in total. The number of ether oxygens (including phenoxy) is 1. The van der Waals surface area contributed by atoms with Crippen molar-refractivity contribution in [3.8, 4) is 5.75 Å². The van der Waals surface area contributed by atoms with Gasteiger partial charge in [0.25, 0.3) is 0 Å². The van der Waals surface area contributed by atoms with Crippen LogP contribution in [0.3, 0.4) is 0 Å². The predicted molar refractivity (Wildman–Crippen MR) is 141 cm³/mol. The van der Waals surface area contributed by atoms with Crippen molar-refractivity contribution >= 4 is 0 Å². The molecule has 35 heavy (non-hydrogen) atoms. The zero-order valence-electron chi connectivity index (χ0n) is 22.0. The molecule has 4 rings (SSSR count). The summed E-state index contributed by atoms with van der Waals surface area (Å²) in [7, 11) is 0. The van der Waals surface area contributed by atoms with Crippen LogP contribution in [0, 0.1) is 23.2 Å². The molecule has 6 unspecified atom stereocenters. The van der Waals surface area contributed by atoms with Gasteiger partial charge in [-0.25, -0.2) is 0 Å². The van der Waals surface area contributed by atoms with Crippen LogP contribution in [-0.4, -0.2) is 34.1 Å². The van der Waals surface area contributed by atoms with Gasteiger partial charge in [-0.2, -0.15) is 0 Å². The van der Waals surface area contributed by atoms with Gasteiger partial charge >= 0.3 is 0 Å². The van der Waals surface area contributed by atoms with Crippen molar-refractivity contribution in [3.63, 3.8) is 0 Å². The molecule has 0 aliphatic heterocycles. The summed E-state index contributed by atoms with van der Waals surface area (Å²) < 4.78 is 6.23. The summed E-state index contributed by atoms with van der Waals surface area (Å²) in [5, 5.41) is 30.6. The fraction of sp³-hybridized carbons (Fsp3) is 0.613. The third kappa shape index (κ3) is 5.60. The molecule has 6 atom stereocenters. The number of aliphatic hydroxyl groups is 3. The van der Waals surface area contributed by atoms with E-state index in [2.05, 4.69) is 32.6 Å². The predicted octanol–water partition coefficient (Wildman–Crippen LogP) is 6.07. The van der Waals surface area contributed by atoms with Gasteiger partial charge in [-0.3, -0.25) is 0 Å². The molecule has 0 radical (unpaired) electrons. The Hall–Kier alpha value is -1.88. The largest absolute Gasteiger partial charge is 0.493 e. The lowest BCUT2D eigenvalue weighted by atomic mass is 9.61. The number of allylic oxidation sites excluding steroid dienone is 3. The third-order valence-corrected chi connectivity index (χ3v) is 9.04. The van der Waals surface area contributed by atoms with Gasteiger partial charge in [0.2, 0.25) is 0 Å². The Morgan fingerprint density at radius 1 is 1.23 bits per heavy atom. The van der Waals surface area contributed by atoms with Gasteiger partial charge in [-0.05, 0) is 104 Å². The van der Waals surface area contributed by atoms with E-state index in [1.54, 1.807) is 13.8 Å². The molecule has 0 heterocycles. The van der Waals surface area contributed by atoms with Crippen LogP contribution in [0.5, 0.6) is 5.75 Å². The summed E-state index contributed by atoms with van der Waals surface area (Å²) in [5.41, 5.74) is 3.52. The maximum atomic E-state index is 10.3. The normalized spacial score (nSPS) is 34.8. The molecule has 0 amide bonds. The van der Waals surface area contributed by atoms with E-state index < -0.39 is 17.8 Å². The smallest absolute Gasteiger partial charge is 0.119 e. The van der Waals surface area contributed by atoms with E-state index in [1.165, 1.54) is 31.3 Å². The summed E-state index contributed by atoms with van der Waals surface area (Å²) in [5.74, 6) is 2.45. The van der Waals surface area contributed by atoms with E-state index in [0.717, 1.165) is 28.9 Å². The fourth-order valence-electron chi connectivity index (χ4n) is 6.99. The van der Waals surface area contributed by atoms with Crippen LogP contribution in [0.2, 0.25) is 0 Å². The maximum Gasteiger partial charge on any atom is 0.119 e. The molecule has 1 aromatic carbocycles. The Bertz CT molecular complexity index is 984. The zero-order chi connectivity index (χ0) is 25.4. The fourth-order valence-corrected chi connectivity index (χ4v) is 6.99. The number of rotatable bonds is 6. The van der Waals surface area contributed by atoms with Crippen LogP contribution in [0.25, 0.3) is 0 Å². The van der Waals surface area contributed by atoms with Crippen LogP contribution < -0.4 is 4.74 Å². The van der Waals surface area contributed by atoms with Crippen molar-refractivity contribution in [2.45, 2.75) is 90.4 Å². The molecule has 0 bridgehead atoms. The molecule has 3 saturated carbocycles. The molecular formula is C31H44O4. The van der Waals surface area contributed by atoms with Gasteiger partial charge in [0, 0.05) is 6.42 Å². The molecule has 1 aromatic rings. The highest BCUT2D eigenvalue weighted by atomic mass is 16.5. The first-order valence-corrected chi connectivity index (χ1v) is 13.4. The SMILES string of the molecule is C=C1C(=CC=C2CCCC3(C)C2CCC3C(C)COc2cccc(C(C)(C)O)c2)CC(O)CC1O. The van der Waals surface area contributed by atoms with E-state index >= 15 is 0 Å². The van der Waals surface area contributed by atoms with Crippen molar-refractivity contribution in [3.05, 3.63) is 65.3 Å². The van der Waals surface area contributed by atoms with E-state index in [4.69, 9.17) is 4.74 Å². The summed E-state index contributed by atoms with van der Waals surface area (Å²) in [6.07, 6.45) is 10.2. The van der Waals surface area contributed by atoms with Crippen LogP contribution >= 0.6 is 0 Å². The van der Waals surface area contributed by atoms with E-state index in [1.807, 2.05) is 24.3 Å². The molecule has 3 aliphatic carbocycles. The Balaban J connectivity index is 1.45. The summed E-state index contributed by atoms with van der Waals surface area (Å²) in [6.45, 7) is 13.2. The zero-order valence-corrected chi connectivity index (χ0v) is 22.0. The van der Waals surface area contributed by atoms with Gasteiger partial charge in [-0.1, -0.05) is 50.3 Å². The molecule has 0 spiro atoms. The quantitative estimate of drug-likeness (QED) is 0.462. The number of benzene rings is 1. The molecule has 192 valence electrons. The van der Waals surface area contributed by atoms with Crippen LogP contribution in [0.4, 0.5) is 0 Å². The van der Waals surface area contributed by atoms with Gasteiger partial charge in [0.15, 0.2) is 0 Å². The number of hydrogen-bond donors (Lipinski definition) is 3.